The van der Waals surface area contributed by atoms with Crippen molar-refractivity contribution in [3.8, 4) is 0 Å². The topological polar surface area (TPSA) is 63.4 Å². The Balaban J connectivity index is 2.32. The molecule has 1 aliphatic rings. The van der Waals surface area contributed by atoms with Crippen molar-refractivity contribution in [3.63, 3.8) is 0 Å². The second kappa shape index (κ2) is 5.26. The molecular weight excluding hydrogens is 192 g/mol. The fourth-order valence-corrected chi connectivity index (χ4v) is 1.78. The van der Waals surface area contributed by atoms with E-state index < -0.39 is 0 Å². The number of hydrogen-bond acceptors (Lipinski definition) is 3. The molecular formula is C11H20N2O2. The van der Waals surface area contributed by atoms with Gasteiger partial charge in [0.1, 0.15) is 5.78 Å². The first kappa shape index (κ1) is 12.2. The monoisotopic (exact) mass is 212 g/mol. The second-order valence-electron chi connectivity index (χ2n) is 4.57. The van der Waals surface area contributed by atoms with E-state index >= 15 is 0 Å². The third kappa shape index (κ3) is 3.63. The van der Waals surface area contributed by atoms with Gasteiger partial charge in [0.15, 0.2) is 0 Å². The van der Waals surface area contributed by atoms with Crippen molar-refractivity contribution in [2.75, 3.05) is 19.6 Å². The lowest BCUT2D eigenvalue weighted by Crippen LogP contribution is -2.41. The van der Waals surface area contributed by atoms with Crippen LogP contribution in [0.15, 0.2) is 0 Å². The molecule has 4 nitrogen and oxygen atoms in total. The number of hydrogen-bond donors (Lipinski definition) is 1. The third-order valence-electron chi connectivity index (χ3n) is 3.01. The first-order valence-electron chi connectivity index (χ1n) is 5.55. The zero-order valence-electron chi connectivity index (χ0n) is 9.53. The molecule has 0 unspecified atom stereocenters. The molecule has 0 aromatic carbocycles. The van der Waals surface area contributed by atoms with Crippen LogP contribution in [0.1, 0.15) is 26.7 Å². The molecule has 1 rings (SSSR count). The fourth-order valence-electron chi connectivity index (χ4n) is 1.78. The number of primary amides is 1. The minimum atomic E-state index is -0.204. The fraction of sp³-hybridized carbons (Fsp3) is 0.818. The van der Waals surface area contributed by atoms with E-state index in [2.05, 4.69) is 4.90 Å². The SMILES string of the molecule is CC(C)C(=O)CN1CCC(C(N)=O)CC1. The van der Waals surface area contributed by atoms with E-state index in [1.807, 2.05) is 13.8 Å². The van der Waals surface area contributed by atoms with Crippen LogP contribution < -0.4 is 5.73 Å². The lowest BCUT2D eigenvalue weighted by atomic mass is 9.96. The van der Waals surface area contributed by atoms with Gasteiger partial charge < -0.3 is 5.73 Å². The average molecular weight is 212 g/mol. The molecule has 0 saturated carbocycles. The molecule has 1 saturated heterocycles. The summed E-state index contributed by atoms with van der Waals surface area (Å²) >= 11 is 0. The highest BCUT2D eigenvalue weighted by Gasteiger charge is 2.24. The number of likely N-dealkylation sites (tertiary alicyclic amines) is 1. The van der Waals surface area contributed by atoms with Gasteiger partial charge in [0.2, 0.25) is 5.91 Å². The maximum absolute atomic E-state index is 11.5. The molecule has 1 aliphatic heterocycles. The number of rotatable bonds is 4. The molecule has 1 amide bonds. The van der Waals surface area contributed by atoms with Crippen molar-refractivity contribution in [2.45, 2.75) is 26.7 Å². The Hall–Kier alpha value is -0.900. The van der Waals surface area contributed by atoms with Crippen LogP contribution in [0.25, 0.3) is 0 Å². The molecule has 4 heteroatoms. The van der Waals surface area contributed by atoms with Gasteiger partial charge in [-0.25, -0.2) is 0 Å². The van der Waals surface area contributed by atoms with Gasteiger partial charge >= 0.3 is 0 Å². The number of carbonyl (C=O) groups excluding carboxylic acids is 2. The van der Waals surface area contributed by atoms with Gasteiger partial charge in [-0.05, 0) is 25.9 Å². The molecule has 2 N–H and O–H groups in total. The van der Waals surface area contributed by atoms with Crippen LogP contribution in [0, 0.1) is 11.8 Å². The third-order valence-corrected chi connectivity index (χ3v) is 3.01. The predicted octanol–water partition coefficient (Wildman–Crippen LogP) is 0.409. The van der Waals surface area contributed by atoms with Gasteiger partial charge in [-0.1, -0.05) is 13.8 Å². The maximum atomic E-state index is 11.5. The molecule has 1 heterocycles. The Morgan fingerprint density at radius 3 is 2.27 bits per heavy atom. The highest BCUT2D eigenvalue weighted by Crippen LogP contribution is 2.16. The molecule has 0 aromatic rings. The Labute approximate surface area is 90.8 Å². The molecule has 86 valence electrons. The van der Waals surface area contributed by atoms with Crippen molar-refractivity contribution in [1.29, 1.82) is 0 Å². The maximum Gasteiger partial charge on any atom is 0.220 e. The summed E-state index contributed by atoms with van der Waals surface area (Å²) < 4.78 is 0. The number of nitrogens with zero attached hydrogens (tertiary/aromatic N) is 1. The summed E-state index contributed by atoms with van der Waals surface area (Å²) in [6.07, 6.45) is 1.58. The van der Waals surface area contributed by atoms with E-state index in [1.165, 1.54) is 0 Å². The first-order valence-corrected chi connectivity index (χ1v) is 5.55. The zero-order valence-corrected chi connectivity index (χ0v) is 9.53. The van der Waals surface area contributed by atoms with Crippen LogP contribution in [-0.4, -0.2) is 36.2 Å². The van der Waals surface area contributed by atoms with Crippen molar-refractivity contribution < 1.29 is 9.59 Å². The zero-order chi connectivity index (χ0) is 11.4. The van der Waals surface area contributed by atoms with Gasteiger partial charge in [0, 0.05) is 11.8 Å². The number of Topliss-reactive ketones (excluding diaryl/α,β-unsaturated/α-hetero) is 1. The van der Waals surface area contributed by atoms with Crippen molar-refractivity contribution in [3.05, 3.63) is 0 Å². The van der Waals surface area contributed by atoms with Crippen LogP contribution >= 0.6 is 0 Å². The summed E-state index contributed by atoms with van der Waals surface area (Å²) in [5.41, 5.74) is 5.24. The summed E-state index contributed by atoms with van der Waals surface area (Å²) in [7, 11) is 0. The minimum Gasteiger partial charge on any atom is -0.369 e. The van der Waals surface area contributed by atoms with Crippen LogP contribution in [0.4, 0.5) is 0 Å². The van der Waals surface area contributed by atoms with Crippen LogP contribution in [-0.2, 0) is 9.59 Å². The molecule has 15 heavy (non-hydrogen) atoms. The Morgan fingerprint density at radius 2 is 1.87 bits per heavy atom. The molecule has 0 spiro atoms. The summed E-state index contributed by atoms with van der Waals surface area (Å²) in [5, 5.41) is 0. The predicted molar refractivity (Wildman–Crippen MR) is 58.2 cm³/mol. The lowest BCUT2D eigenvalue weighted by molar-refractivity contribution is -0.124. The second-order valence-corrected chi connectivity index (χ2v) is 4.57. The number of piperidine rings is 1. The average Bonchev–Trinajstić information content (AvgIpc) is 2.18. The van der Waals surface area contributed by atoms with E-state index in [4.69, 9.17) is 5.73 Å². The summed E-state index contributed by atoms with van der Waals surface area (Å²) in [4.78, 5) is 24.5. The van der Waals surface area contributed by atoms with Gasteiger partial charge in [-0.15, -0.1) is 0 Å². The number of carbonyl (C=O) groups is 2. The molecule has 0 aromatic heterocycles. The van der Waals surface area contributed by atoms with Gasteiger partial charge in [-0.2, -0.15) is 0 Å². The Bertz CT molecular complexity index is 243. The van der Waals surface area contributed by atoms with Gasteiger partial charge in [0.05, 0.1) is 6.54 Å². The van der Waals surface area contributed by atoms with Gasteiger partial charge in [-0.3, -0.25) is 14.5 Å². The summed E-state index contributed by atoms with van der Waals surface area (Å²) in [6, 6.07) is 0. The molecule has 0 atom stereocenters. The Kier molecular flexibility index (Phi) is 4.27. The van der Waals surface area contributed by atoms with E-state index in [9.17, 15) is 9.59 Å². The lowest BCUT2D eigenvalue weighted by Gasteiger charge is -2.30. The first-order chi connectivity index (χ1) is 7.00. The standard InChI is InChI=1S/C11H20N2O2/c1-8(2)10(14)7-13-5-3-9(4-6-13)11(12)15/h8-9H,3-7H2,1-2H3,(H2,12,15). The van der Waals surface area contributed by atoms with Crippen LogP contribution in [0.3, 0.4) is 0 Å². The van der Waals surface area contributed by atoms with Crippen LogP contribution in [0.5, 0.6) is 0 Å². The number of ketones is 1. The van der Waals surface area contributed by atoms with E-state index in [0.717, 1.165) is 25.9 Å². The molecule has 1 fully saturated rings. The summed E-state index contributed by atoms with van der Waals surface area (Å²) in [6.45, 7) is 5.97. The number of nitrogens with two attached hydrogens (primary N) is 1. The van der Waals surface area contributed by atoms with Crippen LogP contribution in [0.2, 0.25) is 0 Å². The smallest absolute Gasteiger partial charge is 0.220 e. The van der Waals surface area contributed by atoms with Crippen molar-refractivity contribution >= 4 is 11.7 Å². The van der Waals surface area contributed by atoms with E-state index in [0.29, 0.717) is 6.54 Å². The number of amides is 1. The quantitative estimate of drug-likeness (QED) is 0.734. The highest BCUT2D eigenvalue weighted by atomic mass is 16.1. The van der Waals surface area contributed by atoms with Crippen molar-refractivity contribution in [2.24, 2.45) is 17.6 Å². The van der Waals surface area contributed by atoms with E-state index in [-0.39, 0.29) is 23.5 Å². The normalized spacial score (nSPS) is 19.4. The van der Waals surface area contributed by atoms with E-state index in [1.54, 1.807) is 0 Å². The summed E-state index contributed by atoms with van der Waals surface area (Å²) in [5.74, 6) is 0.173. The molecule has 0 aliphatic carbocycles. The van der Waals surface area contributed by atoms with Gasteiger partial charge in [0.25, 0.3) is 0 Å². The molecule has 0 bridgehead atoms. The van der Waals surface area contributed by atoms with Crippen molar-refractivity contribution in [1.82, 2.24) is 4.90 Å². The Morgan fingerprint density at radius 1 is 1.33 bits per heavy atom. The largest absolute Gasteiger partial charge is 0.369 e. The molecule has 0 radical (unpaired) electrons. The minimum absolute atomic E-state index is 0.00963. The highest BCUT2D eigenvalue weighted by molar-refractivity contribution is 5.82.